The van der Waals surface area contributed by atoms with Gasteiger partial charge >= 0.3 is 7.67 Å². The van der Waals surface area contributed by atoms with E-state index in [-0.39, 0.29) is 11.8 Å². The lowest BCUT2D eigenvalue weighted by atomic mass is 10.1. The zero-order chi connectivity index (χ0) is 19.2. The number of furan rings is 1. The Balaban J connectivity index is 2.32. The second-order valence-corrected chi connectivity index (χ2v) is 8.19. The summed E-state index contributed by atoms with van der Waals surface area (Å²) in [5.41, 5.74) is 1.55. The van der Waals surface area contributed by atoms with E-state index in [1.807, 2.05) is 43.1 Å². The number of rotatable bonds is 10. The van der Waals surface area contributed by atoms with Crippen LogP contribution in [0.25, 0.3) is 0 Å². The molecule has 1 aromatic carbocycles. The molecule has 0 spiro atoms. The fourth-order valence-corrected chi connectivity index (χ4v) is 5.36. The van der Waals surface area contributed by atoms with Crippen LogP contribution in [0.2, 0.25) is 0 Å². The first-order valence-corrected chi connectivity index (χ1v) is 10.6. The lowest BCUT2D eigenvalue weighted by Gasteiger charge is -2.35. The molecule has 5 nitrogen and oxygen atoms in total. The predicted molar refractivity (Wildman–Crippen MR) is 102 cm³/mol. The second kappa shape index (κ2) is 9.36. The third-order valence-corrected chi connectivity index (χ3v) is 7.33. The maximum Gasteiger partial charge on any atom is 0.397 e. The number of halogens is 1. The molecule has 0 saturated carbocycles. The van der Waals surface area contributed by atoms with Crippen molar-refractivity contribution in [1.82, 2.24) is 9.34 Å². The van der Waals surface area contributed by atoms with E-state index in [2.05, 4.69) is 0 Å². The van der Waals surface area contributed by atoms with E-state index < -0.39 is 7.67 Å². The topological polar surface area (TPSA) is 45.9 Å². The molecule has 0 aliphatic rings. The Morgan fingerprint density at radius 1 is 1.04 bits per heavy atom. The van der Waals surface area contributed by atoms with Crippen molar-refractivity contribution in [3.05, 3.63) is 53.5 Å². The second-order valence-electron chi connectivity index (χ2n) is 5.90. The van der Waals surface area contributed by atoms with Gasteiger partial charge in [0, 0.05) is 38.2 Å². The maximum atomic E-state index is 13.8. The largest absolute Gasteiger partial charge is 0.434 e. The molecule has 0 N–H and O–H groups in total. The highest BCUT2D eigenvalue weighted by Crippen LogP contribution is 2.54. The first-order chi connectivity index (χ1) is 12.5. The summed E-state index contributed by atoms with van der Waals surface area (Å²) in [6.07, 6.45) is 1.96. The molecule has 7 heteroatoms. The van der Waals surface area contributed by atoms with E-state index >= 15 is 0 Å². The zero-order valence-corrected chi connectivity index (χ0v) is 16.8. The smallest absolute Gasteiger partial charge is 0.397 e. The molecule has 0 radical (unpaired) electrons. The normalized spacial score (nSPS) is 12.1. The van der Waals surface area contributed by atoms with E-state index in [4.69, 9.17) is 8.94 Å². The molecule has 0 bridgehead atoms. The van der Waals surface area contributed by atoms with Crippen LogP contribution < -0.4 is 4.52 Å². The van der Waals surface area contributed by atoms with E-state index in [1.54, 1.807) is 12.1 Å². The van der Waals surface area contributed by atoms with Gasteiger partial charge in [-0.2, -0.15) is 0 Å². The minimum Gasteiger partial charge on any atom is -0.434 e. The quantitative estimate of drug-likeness (QED) is 0.530. The van der Waals surface area contributed by atoms with Crippen molar-refractivity contribution < 1.29 is 17.9 Å². The van der Waals surface area contributed by atoms with Crippen LogP contribution in [-0.2, 0) is 11.0 Å². The molecule has 26 heavy (non-hydrogen) atoms. The summed E-state index contributed by atoms with van der Waals surface area (Å²) in [6.45, 7) is 10.2. The van der Waals surface area contributed by atoms with E-state index in [9.17, 15) is 8.96 Å². The molecule has 0 fully saturated rings. The molecule has 0 aliphatic carbocycles. The molecule has 2 rings (SSSR count). The number of benzene rings is 1. The van der Waals surface area contributed by atoms with Crippen molar-refractivity contribution in [2.24, 2.45) is 0 Å². The van der Waals surface area contributed by atoms with E-state index in [1.165, 1.54) is 18.4 Å². The van der Waals surface area contributed by atoms with Crippen molar-refractivity contribution in [2.45, 2.75) is 34.1 Å². The molecule has 144 valence electrons. The highest BCUT2D eigenvalue weighted by Gasteiger charge is 2.38. The molecule has 2 aromatic rings. The van der Waals surface area contributed by atoms with Crippen molar-refractivity contribution >= 4 is 7.67 Å². The number of nitrogens with zero attached hydrogens (tertiary/aromatic N) is 2. The molecular weight excluding hydrogens is 354 g/mol. The summed E-state index contributed by atoms with van der Waals surface area (Å²) in [5.74, 6) is -0.0539. The van der Waals surface area contributed by atoms with Crippen molar-refractivity contribution in [1.29, 1.82) is 0 Å². The summed E-state index contributed by atoms with van der Waals surface area (Å²) >= 11 is 0. The van der Waals surface area contributed by atoms with Gasteiger partial charge in [0.2, 0.25) is 0 Å². The van der Waals surface area contributed by atoms with Crippen LogP contribution in [0.1, 0.15) is 38.8 Å². The van der Waals surface area contributed by atoms with Gasteiger partial charge in [-0.05, 0) is 23.8 Å². The molecular formula is C19H28FN2O3P. The molecule has 0 aliphatic heterocycles. The van der Waals surface area contributed by atoms with Gasteiger partial charge in [-0.1, -0.05) is 39.8 Å². The Morgan fingerprint density at radius 3 is 2.19 bits per heavy atom. The van der Waals surface area contributed by atoms with Gasteiger partial charge in [0.15, 0.2) is 0 Å². The Hall–Kier alpha value is -1.62. The summed E-state index contributed by atoms with van der Waals surface area (Å²) in [7, 11) is -3.27. The third kappa shape index (κ3) is 4.56. The summed E-state index contributed by atoms with van der Waals surface area (Å²) in [5, 5.41) is 0. The molecule has 0 saturated heterocycles. The monoisotopic (exact) mass is 382 g/mol. The zero-order valence-electron chi connectivity index (χ0n) is 15.9. The maximum absolute atomic E-state index is 13.8. The minimum absolute atomic E-state index is 0.233. The van der Waals surface area contributed by atoms with E-state index in [0.29, 0.717) is 32.6 Å². The minimum atomic E-state index is -3.27. The molecule has 0 unspecified atom stereocenters. The summed E-state index contributed by atoms with van der Waals surface area (Å²) < 4.78 is 42.4. The van der Waals surface area contributed by atoms with E-state index in [0.717, 1.165) is 11.1 Å². The van der Waals surface area contributed by atoms with Gasteiger partial charge in [0.1, 0.15) is 5.82 Å². The van der Waals surface area contributed by atoms with Gasteiger partial charge in [-0.3, -0.25) is 0 Å². The molecule has 0 amide bonds. The Bertz CT molecular complexity index is 726. The van der Waals surface area contributed by atoms with Gasteiger partial charge < -0.3 is 8.94 Å². The fraction of sp³-hybridized carbons (Fsp3) is 0.474. The molecule has 0 atom stereocenters. The van der Waals surface area contributed by atoms with Gasteiger partial charge in [-0.15, -0.1) is 0 Å². The standard InChI is InChI=1S/C19H28FN2O3P/c1-5-21(6-2)26(23,22(7-3)8-4)25-19-17(12-13-24-19)14-16-10-9-11-18(20)15-16/h9-13,15H,5-8,14H2,1-4H3. The molecule has 1 aromatic heterocycles. The summed E-state index contributed by atoms with van der Waals surface area (Å²) in [4.78, 5) is 0. The third-order valence-electron chi connectivity index (χ3n) is 4.37. The van der Waals surface area contributed by atoms with Crippen LogP contribution in [0.4, 0.5) is 4.39 Å². The molecule has 1 heterocycles. The van der Waals surface area contributed by atoms with Gasteiger partial charge in [0.25, 0.3) is 5.95 Å². The van der Waals surface area contributed by atoms with Crippen LogP contribution in [0.5, 0.6) is 5.95 Å². The summed E-state index contributed by atoms with van der Waals surface area (Å²) in [6, 6.07) is 8.17. The van der Waals surface area contributed by atoms with Gasteiger partial charge in [0.05, 0.1) is 6.26 Å². The predicted octanol–water partition coefficient (Wildman–Crippen LogP) is 5.18. The Labute approximate surface area is 155 Å². The Morgan fingerprint density at radius 2 is 1.65 bits per heavy atom. The number of hydrogen-bond acceptors (Lipinski definition) is 3. The van der Waals surface area contributed by atoms with Crippen LogP contribution >= 0.6 is 7.67 Å². The first-order valence-electron chi connectivity index (χ1n) is 9.09. The lowest BCUT2D eigenvalue weighted by Crippen LogP contribution is -2.34. The van der Waals surface area contributed by atoms with Crippen molar-refractivity contribution in [3.63, 3.8) is 0 Å². The first kappa shape index (κ1) is 20.7. The number of hydrogen-bond donors (Lipinski definition) is 0. The fourth-order valence-electron chi connectivity index (χ4n) is 2.96. The van der Waals surface area contributed by atoms with Crippen LogP contribution in [0, 0.1) is 5.82 Å². The average molecular weight is 382 g/mol. The average Bonchev–Trinajstić information content (AvgIpc) is 3.03. The van der Waals surface area contributed by atoms with Crippen LogP contribution in [0.3, 0.4) is 0 Å². The van der Waals surface area contributed by atoms with Crippen LogP contribution in [-0.4, -0.2) is 35.5 Å². The van der Waals surface area contributed by atoms with Crippen LogP contribution in [0.15, 0.2) is 41.0 Å². The highest BCUT2D eigenvalue weighted by atomic mass is 31.2. The lowest BCUT2D eigenvalue weighted by molar-refractivity contribution is 0.265. The van der Waals surface area contributed by atoms with Crippen molar-refractivity contribution in [2.75, 3.05) is 26.2 Å². The van der Waals surface area contributed by atoms with Gasteiger partial charge in [-0.25, -0.2) is 18.3 Å². The Kier molecular flexibility index (Phi) is 7.44. The SMILES string of the molecule is CCN(CC)P(=O)(Oc1occc1Cc1cccc(F)c1)N(CC)CC. The van der Waals surface area contributed by atoms with Crippen molar-refractivity contribution in [3.8, 4) is 5.95 Å². The highest BCUT2D eigenvalue weighted by molar-refractivity contribution is 7.54.